The summed E-state index contributed by atoms with van der Waals surface area (Å²) < 4.78 is 1.94. The summed E-state index contributed by atoms with van der Waals surface area (Å²) in [6, 6.07) is 13.7. The summed E-state index contributed by atoms with van der Waals surface area (Å²) in [6.45, 7) is 1.76. The maximum absolute atomic E-state index is 13.6. The number of carboxylic acid groups (broad SMARTS) is 1. The largest absolute Gasteiger partial charge is 0.481 e. The van der Waals surface area contributed by atoms with Crippen LogP contribution in [0.3, 0.4) is 0 Å². The van der Waals surface area contributed by atoms with Crippen molar-refractivity contribution < 1.29 is 14.7 Å². The number of hydrogen-bond acceptors (Lipinski definition) is 7. The van der Waals surface area contributed by atoms with Crippen LogP contribution in [0, 0.1) is 0 Å². The Morgan fingerprint density at radius 2 is 1.86 bits per heavy atom. The second kappa shape index (κ2) is 10.9. The highest BCUT2D eigenvalue weighted by Gasteiger charge is 2.33. The van der Waals surface area contributed by atoms with E-state index >= 15 is 0 Å². The number of pyridine rings is 1. The molecule has 2 aromatic heterocycles. The Balaban J connectivity index is 1.46. The molecule has 0 spiro atoms. The molecule has 1 N–H and O–H groups in total. The minimum atomic E-state index is -0.822. The van der Waals surface area contributed by atoms with Gasteiger partial charge in [0, 0.05) is 32.3 Å². The van der Waals surface area contributed by atoms with E-state index in [1.54, 1.807) is 24.4 Å². The van der Waals surface area contributed by atoms with E-state index < -0.39 is 5.97 Å². The van der Waals surface area contributed by atoms with E-state index in [4.69, 9.17) is 22.3 Å². The molecule has 37 heavy (non-hydrogen) atoms. The first-order valence-corrected chi connectivity index (χ1v) is 13.4. The molecule has 0 aliphatic carbocycles. The van der Waals surface area contributed by atoms with Gasteiger partial charge in [0.15, 0.2) is 0 Å². The van der Waals surface area contributed by atoms with Crippen LogP contribution >= 0.6 is 24.0 Å². The van der Waals surface area contributed by atoms with Crippen molar-refractivity contribution in [1.29, 1.82) is 0 Å². The van der Waals surface area contributed by atoms with Gasteiger partial charge < -0.3 is 10.0 Å². The van der Waals surface area contributed by atoms with Crippen molar-refractivity contribution in [1.82, 2.24) is 14.3 Å². The molecular formula is C27H26N4O4S2. The van der Waals surface area contributed by atoms with E-state index in [-0.39, 0.29) is 17.9 Å². The standard InChI is InChI=1S/C27H26N4O4S2/c32-23(33)11-2-1-6-14-31-26(35)21(37-27(31)36)16-20-24(28-22-10-5-7-13-30(22)25(20)34)29-15-12-18-8-3-4-9-19(18)17-29/h3-5,7-10,13,16H,1-2,6,11-12,14-15,17H2,(H,32,33). The van der Waals surface area contributed by atoms with E-state index in [0.717, 1.165) is 6.42 Å². The van der Waals surface area contributed by atoms with Crippen molar-refractivity contribution in [3.05, 3.63) is 80.6 Å². The van der Waals surface area contributed by atoms with Gasteiger partial charge in [0.25, 0.3) is 11.5 Å². The van der Waals surface area contributed by atoms with Gasteiger partial charge in [-0.15, -0.1) is 0 Å². The lowest BCUT2D eigenvalue weighted by atomic mass is 9.99. The summed E-state index contributed by atoms with van der Waals surface area (Å²) in [5, 5.41) is 8.80. The zero-order chi connectivity index (χ0) is 25.9. The molecule has 0 atom stereocenters. The number of fused-ring (bicyclic) bond motifs is 2. The zero-order valence-corrected chi connectivity index (χ0v) is 21.8. The minimum Gasteiger partial charge on any atom is -0.481 e. The molecule has 190 valence electrons. The normalized spacial score (nSPS) is 16.6. The number of rotatable bonds is 8. The topological polar surface area (TPSA) is 95.2 Å². The first kappa shape index (κ1) is 25.2. The number of nitrogens with zero attached hydrogens (tertiary/aromatic N) is 4. The number of amides is 1. The molecule has 0 radical (unpaired) electrons. The monoisotopic (exact) mass is 534 g/mol. The van der Waals surface area contributed by atoms with Crippen LogP contribution in [0.4, 0.5) is 5.82 Å². The third-order valence-corrected chi connectivity index (χ3v) is 7.98. The summed E-state index contributed by atoms with van der Waals surface area (Å²) in [7, 11) is 0. The third kappa shape index (κ3) is 5.30. The fraction of sp³-hybridized carbons (Fsp3) is 0.296. The van der Waals surface area contributed by atoms with Gasteiger partial charge in [0.1, 0.15) is 15.8 Å². The summed E-state index contributed by atoms with van der Waals surface area (Å²) in [5.74, 6) is -0.498. The Kier molecular flexibility index (Phi) is 7.38. The highest BCUT2D eigenvalue weighted by molar-refractivity contribution is 8.26. The van der Waals surface area contributed by atoms with Crippen molar-refractivity contribution in [3.8, 4) is 0 Å². The smallest absolute Gasteiger partial charge is 0.303 e. The number of carbonyl (C=O) groups is 2. The molecule has 1 amide bonds. The molecule has 0 saturated carbocycles. The number of carboxylic acids is 1. The van der Waals surface area contributed by atoms with Crippen molar-refractivity contribution in [2.24, 2.45) is 0 Å². The number of hydrogen-bond donors (Lipinski definition) is 1. The van der Waals surface area contributed by atoms with Crippen molar-refractivity contribution >= 4 is 57.7 Å². The SMILES string of the molecule is O=C(O)CCCCCN1C(=O)C(=Cc2c(N3CCc4ccccc4C3)nc3ccccn3c2=O)SC1=S. The first-order chi connectivity index (χ1) is 17.9. The molecule has 0 bridgehead atoms. The van der Waals surface area contributed by atoms with E-state index in [1.165, 1.54) is 32.2 Å². The average Bonchev–Trinajstić information content (AvgIpc) is 3.16. The minimum absolute atomic E-state index is 0.112. The van der Waals surface area contributed by atoms with Crippen molar-refractivity contribution in [3.63, 3.8) is 0 Å². The van der Waals surface area contributed by atoms with Gasteiger partial charge in [-0.2, -0.15) is 0 Å². The van der Waals surface area contributed by atoms with Gasteiger partial charge >= 0.3 is 5.97 Å². The van der Waals surface area contributed by atoms with Gasteiger partial charge in [0.05, 0.1) is 10.5 Å². The fourth-order valence-corrected chi connectivity index (χ4v) is 5.97. The van der Waals surface area contributed by atoms with E-state index in [9.17, 15) is 14.4 Å². The summed E-state index contributed by atoms with van der Waals surface area (Å²) in [6.07, 6.45) is 6.18. The number of anilines is 1. The Labute approximate surface area is 223 Å². The van der Waals surface area contributed by atoms with Crippen molar-refractivity contribution in [2.45, 2.75) is 38.6 Å². The van der Waals surface area contributed by atoms with Gasteiger partial charge in [-0.05, 0) is 48.6 Å². The second-order valence-electron chi connectivity index (χ2n) is 9.06. The lowest BCUT2D eigenvalue weighted by molar-refractivity contribution is -0.137. The Morgan fingerprint density at radius 1 is 1.08 bits per heavy atom. The highest BCUT2D eigenvalue weighted by atomic mass is 32.2. The fourth-order valence-electron chi connectivity index (χ4n) is 4.68. The molecule has 2 aliphatic heterocycles. The molecule has 1 fully saturated rings. The predicted octanol–water partition coefficient (Wildman–Crippen LogP) is 4.10. The van der Waals surface area contributed by atoms with Crippen LogP contribution in [-0.4, -0.2) is 48.7 Å². The molecule has 4 heterocycles. The van der Waals surface area contributed by atoms with Crippen molar-refractivity contribution in [2.75, 3.05) is 18.0 Å². The summed E-state index contributed by atoms with van der Waals surface area (Å²) in [4.78, 5) is 46.5. The highest BCUT2D eigenvalue weighted by Crippen LogP contribution is 2.34. The lowest BCUT2D eigenvalue weighted by Crippen LogP contribution is -2.34. The van der Waals surface area contributed by atoms with Gasteiger partial charge in [-0.1, -0.05) is 60.7 Å². The molecule has 0 unspecified atom stereocenters. The van der Waals surface area contributed by atoms with Crippen LogP contribution in [-0.2, 0) is 22.6 Å². The molecule has 1 aromatic carbocycles. The molecule has 1 saturated heterocycles. The molecular weight excluding hydrogens is 508 g/mol. The number of carbonyl (C=O) groups excluding carboxylic acids is 1. The van der Waals surface area contributed by atoms with E-state index in [1.807, 2.05) is 18.2 Å². The van der Waals surface area contributed by atoms with Gasteiger partial charge in [0.2, 0.25) is 0 Å². The van der Waals surface area contributed by atoms with Crippen LogP contribution in [0.25, 0.3) is 11.7 Å². The number of thiocarbonyl (C=S) groups is 1. The quantitative estimate of drug-likeness (QED) is 0.262. The number of aromatic nitrogens is 2. The van der Waals surface area contributed by atoms with E-state index in [2.05, 4.69) is 17.0 Å². The molecule has 3 aromatic rings. The number of thioether (sulfide) groups is 1. The maximum Gasteiger partial charge on any atom is 0.303 e. The first-order valence-electron chi connectivity index (χ1n) is 12.2. The molecule has 10 heteroatoms. The van der Waals surface area contributed by atoms with Crippen LogP contribution in [0.1, 0.15) is 42.4 Å². The Hall–Kier alpha value is -3.50. The Morgan fingerprint density at radius 3 is 2.68 bits per heavy atom. The van der Waals surface area contributed by atoms with E-state index in [0.29, 0.717) is 65.2 Å². The molecule has 2 aliphatic rings. The predicted molar refractivity (Wildman–Crippen MR) is 149 cm³/mol. The average molecular weight is 535 g/mol. The number of benzene rings is 1. The van der Waals surface area contributed by atoms with Crippen LogP contribution in [0.5, 0.6) is 0 Å². The zero-order valence-electron chi connectivity index (χ0n) is 20.1. The molecule has 8 nitrogen and oxygen atoms in total. The summed E-state index contributed by atoms with van der Waals surface area (Å²) >= 11 is 6.65. The van der Waals surface area contributed by atoms with Crippen LogP contribution in [0.2, 0.25) is 0 Å². The van der Waals surface area contributed by atoms with Crippen LogP contribution < -0.4 is 10.5 Å². The van der Waals surface area contributed by atoms with Gasteiger partial charge in [-0.3, -0.25) is 23.7 Å². The maximum atomic E-state index is 13.6. The summed E-state index contributed by atoms with van der Waals surface area (Å²) in [5.41, 5.74) is 3.17. The molecule has 5 rings (SSSR count). The number of aliphatic carboxylic acids is 1. The third-order valence-electron chi connectivity index (χ3n) is 6.60. The van der Waals surface area contributed by atoms with Gasteiger partial charge in [-0.25, -0.2) is 4.98 Å². The second-order valence-corrected chi connectivity index (χ2v) is 10.7. The number of unbranched alkanes of at least 4 members (excludes halogenated alkanes) is 2. The lowest BCUT2D eigenvalue weighted by Gasteiger charge is -2.30. The van der Waals surface area contributed by atoms with Crippen LogP contribution in [0.15, 0.2) is 58.4 Å². The Bertz CT molecular complexity index is 1480.